The number of hydrogen-bond donors (Lipinski definition) is 2. The second-order valence-corrected chi connectivity index (χ2v) is 5.96. The Morgan fingerprint density at radius 1 is 1.04 bits per heavy atom. The minimum Gasteiger partial charge on any atom is -0.492 e. The highest BCUT2D eigenvalue weighted by Gasteiger charge is 2.37. The summed E-state index contributed by atoms with van der Waals surface area (Å²) in [6.07, 6.45) is -0.840. The van der Waals surface area contributed by atoms with Crippen LogP contribution in [0.4, 0.5) is 0 Å². The molecule has 2 aromatic rings. The Kier molecular flexibility index (Phi) is 5.64. The van der Waals surface area contributed by atoms with Crippen molar-refractivity contribution in [2.75, 3.05) is 6.61 Å². The van der Waals surface area contributed by atoms with E-state index in [0.717, 1.165) is 0 Å². The van der Waals surface area contributed by atoms with Gasteiger partial charge in [-0.3, -0.25) is 9.59 Å². The highest BCUT2D eigenvalue weighted by atomic mass is 16.5. The summed E-state index contributed by atoms with van der Waals surface area (Å²) in [6, 6.07) is 16.0. The number of hydrogen-bond acceptors (Lipinski definition) is 4. The molecular formula is C19H22N2O4. The fourth-order valence-corrected chi connectivity index (χ4v) is 2.30. The Bertz CT molecular complexity index is 748. The van der Waals surface area contributed by atoms with Crippen molar-refractivity contribution < 1.29 is 19.1 Å². The zero-order valence-corrected chi connectivity index (χ0v) is 14.3. The third-order valence-electron chi connectivity index (χ3n) is 4.00. The average molecular weight is 342 g/mol. The Morgan fingerprint density at radius 3 is 2.24 bits per heavy atom. The molecule has 2 unspecified atom stereocenters. The first-order valence-corrected chi connectivity index (χ1v) is 7.88. The zero-order valence-electron chi connectivity index (χ0n) is 14.3. The second kappa shape index (κ2) is 7.70. The molecular weight excluding hydrogens is 320 g/mol. The van der Waals surface area contributed by atoms with Gasteiger partial charge in [-0.05, 0) is 32.0 Å². The molecule has 2 rings (SSSR count). The summed E-state index contributed by atoms with van der Waals surface area (Å²) in [5, 5.41) is 0. The molecule has 0 aromatic heterocycles. The van der Waals surface area contributed by atoms with Crippen molar-refractivity contribution in [1.82, 2.24) is 0 Å². The predicted molar refractivity (Wildman–Crippen MR) is 94.2 cm³/mol. The van der Waals surface area contributed by atoms with E-state index in [-0.39, 0.29) is 6.61 Å². The maximum absolute atomic E-state index is 12.2. The van der Waals surface area contributed by atoms with Gasteiger partial charge in [0.1, 0.15) is 23.5 Å². The summed E-state index contributed by atoms with van der Waals surface area (Å²) in [7, 11) is 0. The van der Waals surface area contributed by atoms with Crippen molar-refractivity contribution in [3.05, 3.63) is 60.2 Å². The monoisotopic (exact) mass is 342 g/mol. The SMILES string of the molecule is CC(Oc1ccccc1C(C)(COc1ccccc1)C(N)=O)C(N)=O. The van der Waals surface area contributed by atoms with Gasteiger partial charge in [-0.15, -0.1) is 0 Å². The Morgan fingerprint density at radius 2 is 1.64 bits per heavy atom. The lowest BCUT2D eigenvalue weighted by Crippen LogP contribution is -2.44. The van der Waals surface area contributed by atoms with Gasteiger partial charge in [0.2, 0.25) is 5.91 Å². The van der Waals surface area contributed by atoms with Crippen LogP contribution < -0.4 is 20.9 Å². The Balaban J connectivity index is 2.33. The fourth-order valence-electron chi connectivity index (χ4n) is 2.30. The van der Waals surface area contributed by atoms with E-state index < -0.39 is 23.3 Å². The molecule has 0 fully saturated rings. The first-order chi connectivity index (χ1) is 11.8. The number of carbonyl (C=O) groups is 2. The molecule has 6 nitrogen and oxygen atoms in total. The smallest absolute Gasteiger partial charge is 0.258 e. The van der Waals surface area contributed by atoms with Gasteiger partial charge in [0.15, 0.2) is 6.10 Å². The third-order valence-corrected chi connectivity index (χ3v) is 4.00. The van der Waals surface area contributed by atoms with Crippen molar-refractivity contribution in [1.29, 1.82) is 0 Å². The van der Waals surface area contributed by atoms with Crippen LogP contribution in [0.2, 0.25) is 0 Å². The van der Waals surface area contributed by atoms with E-state index in [1.54, 1.807) is 50.2 Å². The molecule has 0 saturated heterocycles. The van der Waals surface area contributed by atoms with Crippen LogP contribution in [0.1, 0.15) is 19.4 Å². The van der Waals surface area contributed by atoms with Crippen LogP contribution >= 0.6 is 0 Å². The van der Waals surface area contributed by atoms with E-state index in [4.69, 9.17) is 20.9 Å². The quantitative estimate of drug-likeness (QED) is 0.762. The van der Waals surface area contributed by atoms with Crippen molar-refractivity contribution in [2.24, 2.45) is 11.5 Å². The molecule has 0 heterocycles. The molecule has 2 aromatic carbocycles. The number of ether oxygens (including phenoxy) is 2. The molecule has 0 bridgehead atoms. The van der Waals surface area contributed by atoms with Gasteiger partial charge >= 0.3 is 0 Å². The van der Waals surface area contributed by atoms with Crippen LogP contribution in [0.5, 0.6) is 11.5 Å². The predicted octanol–water partition coefficient (Wildman–Crippen LogP) is 1.76. The molecule has 0 aliphatic heterocycles. The van der Waals surface area contributed by atoms with Crippen molar-refractivity contribution >= 4 is 11.8 Å². The second-order valence-electron chi connectivity index (χ2n) is 5.96. The van der Waals surface area contributed by atoms with Gasteiger partial charge in [-0.1, -0.05) is 36.4 Å². The first kappa shape index (κ1) is 18.3. The number of rotatable bonds is 8. The summed E-state index contributed by atoms with van der Waals surface area (Å²) in [5.74, 6) is -0.173. The van der Waals surface area contributed by atoms with Crippen LogP contribution in [-0.2, 0) is 15.0 Å². The van der Waals surface area contributed by atoms with Gasteiger partial charge in [-0.2, -0.15) is 0 Å². The molecule has 132 valence electrons. The summed E-state index contributed by atoms with van der Waals surface area (Å²) in [5.41, 5.74) is 10.3. The number of nitrogens with two attached hydrogens (primary N) is 2. The molecule has 4 N–H and O–H groups in total. The van der Waals surface area contributed by atoms with Crippen molar-refractivity contribution in [2.45, 2.75) is 25.4 Å². The summed E-state index contributed by atoms with van der Waals surface area (Å²) < 4.78 is 11.4. The molecule has 25 heavy (non-hydrogen) atoms. The number of carbonyl (C=O) groups excluding carboxylic acids is 2. The lowest BCUT2D eigenvalue weighted by molar-refractivity contribution is -0.124. The van der Waals surface area contributed by atoms with Gasteiger partial charge in [0.25, 0.3) is 5.91 Å². The molecule has 0 radical (unpaired) electrons. The van der Waals surface area contributed by atoms with Gasteiger partial charge in [-0.25, -0.2) is 0 Å². The van der Waals surface area contributed by atoms with Crippen molar-refractivity contribution in [3.63, 3.8) is 0 Å². The molecule has 0 saturated carbocycles. The highest BCUT2D eigenvalue weighted by Crippen LogP contribution is 2.33. The van der Waals surface area contributed by atoms with Crippen LogP contribution in [0.15, 0.2) is 54.6 Å². The standard InChI is InChI=1S/C19H22N2O4/c1-13(17(20)22)25-16-11-7-6-10-15(16)19(2,18(21)23)12-24-14-8-4-3-5-9-14/h3-11,13H,12H2,1-2H3,(H2,20,22)(H2,21,23). The largest absolute Gasteiger partial charge is 0.492 e. The zero-order chi connectivity index (χ0) is 18.4. The first-order valence-electron chi connectivity index (χ1n) is 7.88. The van der Waals surface area contributed by atoms with Crippen LogP contribution in [0.25, 0.3) is 0 Å². The summed E-state index contributed by atoms with van der Waals surface area (Å²) in [6.45, 7) is 3.24. The van der Waals surface area contributed by atoms with Gasteiger partial charge in [0.05, 0.1) is 0 Å². The van der Waals surface area contributed by atoms with Crippen LogP contribution in [-0.4, -0.2) is 24.5 Å². The van der Waals surface area contributed by atoms with E-state index in [9.17, 15) is 9.59 Å². The molecule has 0 aliphatic rings. The van der Waals surface area contributed by atoms with E-state index in [0.29, 0.717) is 17.1 Å². The Hall–Kier alpha value is -3.02. The van der Waals surface area contributed by atoms with E-state index in [1.807, 2.05) is 18.2 Å². The molecule has 2 amide bonds. The van der Waals surface area contributed by atoms with Crippen LogP contribution in [0, 0.1) is 0 Å². The molecule has 2 atom stereocenters. The van der Waals surface area contributed by atoms with Gasteiger partial charge in [0, 0.05) is 5.56 Å². The Labute approximate surface area is 146 Å². The third kappa shape index (κ3) is 4.29. The van der Waals surface area contributed by atoms with E-state index in [1.165, 1.54) is 0 Å². The van der Waals surface area contributed by atoms with E-state index in [2.05, 4.69) is 0 Å². The van der Waals surface area contributed by atoms with Gasteiger partial charge < -0.3 is 20.9 Å². The average Bonchev–Trinajstić information content (AvgIpc) is 2.60. The fraction of sp³-hybridized carbons (Fsp3) is 0.263. The summed E-state index contributed by atoms with van der Waals surface area (Å²) >= 11 is 0. The minimum absolute atomic E-state index is 0.0255. The number of amides is 2. The minimum atomic E-state index is -1.15. The molecule has 6 heteroatoms. The lowest BCUT2D eigenvalue weighted by Gasteiger charge is -2.29. The van der Waals surface area contributed by atoms with E-state index >= 15 is 0 Å². The highest BCUT2D eigenvalue weighted by molar-refractivity contribution is 5.87. The molecule has 0 aliphatic carbocycles. The number of para-hydroxylation sites is 2. The maximum Gasteiger partial charge on any atom is 0.258 e. The number of benzene rings is 2. The summed E-state index contributed by atoms with van der Waals surface area (Å²) in [4.78, 5) is 23.5. The maximum atomic E-state index is 12.2. The normalized spacial score (nSPS) is 14.2. The van der Waals surface area contributed by atoms with Crippen LogP contribution in [0.3, 0.4) is 0 Å². The topological polar surface area (TPSA) is 105 Å². The lowest BCUT2D eigenvalue weighted by atomic mass is 9.82. The van der Waals surface area contributed by atoms with Crippen molar-refractivity contribution in [3.8, 4) is 11.5 Å². The number of primary amides is 2. The molecule has 0 spiro atoms.